The fraction of sp³-hybridized carbons (Fsp3) is 0.200. The number of likely N-dealkylation sites (N-methyl/N-ethyl adjacent to an activating group) is 1. The first kappa shape index (κ1) is 13.4. The van der Waals surface area contributed by atoms with Gasteiger partial charge in [0, 0.05) is 24.5 Å². The predicted octanol–water partition coefficient (Wildman–Crippen LogP) is 2.54. The Bertz CT molecular complexity index is 540. The average Bonchev–Trinajstić information content (AvgIpc) is 2.40. The number of hydrogen-bond acceptors (Lipinski definition) is 3. The van der Waals surface area contributed by atoms with Gasteiger partial charge in [0.25, 0.3) is 0 Å². The maximum Gasteiger partial charge on any atom is 0.176 e. The molecular formula is C15H15FN2O. The molecule has 0 radical (unpaired) electrons. The van der Waals surface area contributed by atoms with E-state index in [1.54, 1.807) is 12.4 Å². The molecule has 3 nitrogen and oxygen atoms in total. The Balaban J connectivity index is 1.93. The number of rotatable bonds is 5. The second-order valence-electron chi connectivity index (χ2n) is 4.46. The molecule has 0 unspecified atom stereocenters. The zero-order valence-electron chi connectivity index (χ0n) is 10.7. The van der Waals surface area contributed by atoms with E-state index in [4.69, 9.17) is 0 Å². The van der Waals surface area contributed by atoms with Crippen molar-refractivity contribution in [2.75, 3.05) is 13.6 Å². The highest BCUT2D eigenvalue weighted by Crippen LogP contribution is 2.06. The molecule has 0 atom stereocenters. The van der Waals surface area contributed by atoms with Crippen LogP contribution in [0.15, 0.2) is 48.8 Å². The number of Topliss-reactive ketones (excluding diaryl/α,β-unsaturated/α-hetero) is 1. The van der Waals surface area contributed by atoms with Crippen molar-refractivity contribution in [3.63, 3.8) is 0 Å². The molecule has 0 N–H and O–H groups in total. The fourth-order valence-corrected chi connectivity index (χ4v) is 1.83. The maximum absolute atomic E-state index is 12.8. The van der Waals surface area contributed by atoms with Crippen molar-refractivity contribution >= 4 is 5.78 Å². The molecule has 2 aromatic rings. The molecule has 0 saturated heterocycles. The number of carbonyl (C=O) groups excluding carboxylic acids is 1. The summed E-state index contributed by atoms with van der Waals surface area (Å²) in [5, 5.41) is 0. The van der Waals surface area contributed by atoms with Gasteiger partial charge in [0.2, 0.25) is 0 Å². The van der Waals surface area contributed by atoms with Gasteiger partial charge >= 0.3 is 0 Å². The number of halogens is 1. The number of ketones is 1. The third-order valence-corrected chi connectivity index (χ3v) is 2.78. The minimum atomic E-state index is -0.332. The van der Waals surface area contributed by atoms with Crippen LogP contribution < -0.4 is 0 Å². The van der Waals surface area contributed by atoms with Crippen LogP contribution in [-0.4, -0.2) is 29.3 Å². The summed E-state index contributed by atoms with van der Waals surface area (Å²) in [6.07, 6.45) is 3.45. The van der Waals surface area contributed by atoms with Gasteiger partial charge in [-0.25, -0.2) is 4.39 Å². The summed E-state index contributed by atoms with van der Waals surface area (Å²) in [5.41, 5.74) is 1.63. The van der Waals surface area contributed by atoms with Crippen LogP contribution in [0.25, 0.3) is 0 Å². The molecule has 98 valence electrons. The van der Waals surface area contributed by atoms with Crippen LogP contribution in [0, 0.1) is 5.82 Å². The number of nitrogens with zero attached hydrogens (tertiary/aromatic N) is 2. The van der Waals surface area contributed by atoms with Crippen LogP contribution in [-0.2, 0) is 6.54 Å². The summed E-state index contributed by atoms with van der Waals surface area (Å²) in [5.74, 6) is -0.349. The fourth-order valence-electron chi connectivity index (χ4n) is 1.83. The van der Waals surface area contributed by atoms with Crippen molar-refractivity contribution in [3.05, 3.63) is 65.7 Å². The Kier molecular flexibility index (Phi) is 4.36. The van der Waals surface area contributed by atoms with Crippen LogP contribution >= 0.6 is 0 Å². The molecule has 0 spiro atoms. The Morgan fingerprint density at radius 1 is 1.16 bits per heavy atom. The van der Waals surface area contributed by atoms with Gasteiger partial charge in [-0.3, -0.25) is 14.7 Å². The van der Waals surface area contributed by atoms with Gasteiger partial charge in [0.15, 0.2) is 5.78 Å². The normalized spacial score (nSPS) is 10.7. The first-order valence-corrected chi connectivity index (χ1v) is 6.01. The molecule has 2 rings (SSSR count). The maximum atomic E-state index is 12.8. The zero-order valence-corrected chi connectivity index (χ0v) is 10.7. The molecule has 4 heteroatoms. The number of pyridine rings is 1. The van der Waals surface area contributed by atoms with Gasteiger partial charge in [0.05, 0.1) is 6.54 Å². The van der Waals surface area contributed by atoms with E-state index in [0.29, 0.717) is 18.7 Å². The van der Waals surface area contributed by atoms with E-state index < -0.39 is 0 Å². The second kappa shape index (κ2) is 6.20. The van der Waals surface area contributed by atoms with Gasteiger partial charge in [-0.15, -0.1) is 0 Å². The molecule has 19 heavy (non-hydrogen) atoms. The highest BCUT2D eigenvalue weighted by atomic mass is 19.1. The number of hydrogen-bond donors (Lipinski definition) is 0. The van der Waals surface area contributed by atoms with Gasteiger partial charge in [-0.1, -0.05) is 0 Å². The van der Waals surface area contributed by atoms with Crippen LogP contribution in [0.3, 0.4) is 0 Å². The largest absolute Gasteiger partial charge is 0.295 e. The lowest BCUT2D eigenvalue weighted by Crippen LogP contribution is -2.25. The van der Waals surface area contributed by atoms with E-state index in [9.17, 15) is 9.18 Å². The van der Waals surface area contributed by atoms with E-state index in [0.717, 1.165) is 5.56 Å². The first-order valence-electron chi connectivity index (χ1n) is 6.01. The highest BCUT2D eigenvalue weighted by Gasteiger charge is 2.09. The van der Waals surface area contributed by atoms with Crippen LogP contribution in [0.2, 0.25) is 0 Å². The summed E-state index contributed by atoms with van der Waals surface area (Å²) in [6.45, 7) is 0.976. The van der Waals surface area contributed by atoms with Gasteiger partial charge < -0.3 is 0 Å². The van der Waals surface area contributed by atoms with Crippen LogP contribution in [0.4, 0.5) is 4.39 Å². The standard InChI is InChI=1S/C15H15FN2O/c1-18(10-12-6-8-17-9-7-12)11-15(19)13-2-4-14(16)5-3-13/h2-9H,10-11H2,1H3. The summed E-state index contributed by atoms with van der Waals surface area (Å²) < 4.78 is 12.8. The van der Waals surface area contributed by atoms with Crippen molar-refractivity contribution < 1.29 is 9.18 Å². The molecule has 0 amide bonds. The summed E-state index contributed by atoms with van der Waals surface area (Å²) in [4.78, 5) is 17.8. The smallest absolute Gasteiger partial charge is 0.176 e. The third-order valence-electron chi connectivity index (χ3n) is 2.78. The Labute approximate surface area is 111 Å². The molecule has 0 aliphatic heterocycles. The number of aromatic nitrogens is 1. The van der Waals surface area contributed by atoms with Crippen molar-refractivity contribution in [1.82, 2.24) is 9.88 Å². The average molecular weight is 258 g/mol. The van der Waals surface area contributed by atoms with E-state index >= 15 is 0 Å². The van der Waals surface area contributed by atoms with E-state index in [1.165, 1.54) is 24.3 Å². The van der Waals surface area contributed by atoms with Crippen molar-refractivity contribution in [1.29, 1.82) is 0 Å². The van der Waals surface area contributed by atoms with Crippen LogP contribution in [0.1, 0.15) is 15.9 Å². The van der Waals surface area contributed by atoms with Crippen molar-refractivity contribution in [2.45, 2.75) is 6.54 Å². The van der Waals surface area contributed by atoms with Crippen molar-refractivity contribution in [3.8, 4) is 0 Å². The second-order valence-corrected chi connectivity index (χ2v) is 4.46. The Morgan fingerprint density at radius 2 is 1.79 bits per heavy atom. The molecule has 0 aliphatic carbocycles. The minimum Gasteiger partial charge on any atom is -0.295 e. The van der Waals surface area contributed by atoms with Crippen LogP contribution in [0.5, 0.6) is 0 Å². The lowest BCUT2D eigenvalue weighted by molar-refractivity contribution is 0.0943. The Hall–Kier alpha value is -2.07. The third kappa shape index (κ3) is 3.96. The monoisotopic (exact) mass is 258 g/mol. The summed E-state index contributed by atoms with van der Waals surface area (Å²) in [6, 6.07) is 9.46. The SMILES string of the molecule is CN(CC(=O)c1ccc(F)cc1)Cc1ccncc1. The molecular weight excluding hydrogens is 243 g/mol. The van der Waals surface area contributed by atoms with E-state index in [2.05, 4.69) is 4.98 Å². The minimum absolute atomic E-state index is 0.0171. The lowest BCUT2D eigenvalue weighted by atomic mass is 10.1. The number of benzene rings is 1. The first-order chi connectivity index (χ1) is 9.15. The molecule has 0 aliphatic rings. The topological polar surface area (TPSA) is 33.2 Å². The Morgan fingerprint density at radius 3 is 2.42 bits per heavy atom. The molecule has 1 aromatic heterocycles. The predicted molar refractivity (Wildman–Crippen MR) is 71.3 cm³/mol. The van der Waals surface area contributed by atoms with E-state index in [-0.39, 0.29) is 11.6 Å². The summed E-state index contributed by atoms with van der Waals surface area (Å²) in [7, 11) is 1.88. The molecule has 0 bridgehead atoms. The molecule has 1 aromatic carbocycles. The lowest BCUT2D eigenvalue weighted by Gasteiger charge is -2.15. The van der Waals surface area contributed by atoms with Crippen molar-refractivity contribution in [2.24, 2.45) is 0 Å². The van der Waals surface area contributed by atoms with Gasteiger partial charge in [0.1, 0.15) is 5.82 Å². The molecule has 0 fully saturated rings. The summed E-state index contributed by atoms with van der Waals surface area (Å²) >= 11 is 0. The number of carbonyl (C=O) groups is 1. The zero-order chi connectivity index (χ0) is 13.7. The van der Waals surface area contributed by atoms with Gasteiger partial charge in [-0.2, -0.15) is 0 Å². The van der Waals surface area contributed by atoms with E-state index in [1.807, 2.05) is 24.1 Å². The molecule has 0 saturated carbocycles. The quantitative estimate of drug-likeness (QED) is 0.773. The molecule has 1 heterocycles. The highest BCUT2D eigenvalue weighted by molar-refractivity contribution is 5.97. The van der Waals surface area contributed by atoms with Gasteiger partial charge in [-0.05, 0) is 49.0 Å².